The Hall–Kier alpha value is -0.980. The van der Waals surface area contributed by atoms with Gasteiger partial charge in [0.2, 0.25) is 0 Å². The molecule has 0 aliphatic heterocycles. The summed E-state index contributed by atoms with van der Waals surface area (Å²) in [5.41, 5.74) is 6.19. The third-order valence-corrected chi connectivity index (χ3v) is 0.792. The molecule has 0 rings (SSSR count). The van der Waals surface area contributed by atoms with Gasteiger partial charge < -0.3 is 5.73 Å². The minimum atomic E-state index is 1.12. The molecule has 0 aromatic heterocycles. The SMILES string of the molecule is C=C/C(C)=C\C=C\N. The van der Waals surface area contributed by atoms with Crippen LogP contribution in [0.5, 0.6) is 0 Å². The van der Waals surface area contributed by atoms with Crippen LogP contribution in [-0.2, 0) is 0 Å². The van der Waals surface area contributed by atoms with Crippen LogP contribution in [0.4, 0.5) is 0 Å². The van der Waals surface area contributed by atoms with Crippen molar-refractivity contribution in [2.75, 3.05) is 0 Å². The van der Waals surface area contributed by atoms with Crippen LogP contribution >= 0.6 is 0 Å². The van der Waals surface area contributed by atoms with Crippen molar-refractivity contribution in [1.29, 1.82) is 0 Å². The van der Waals surface area contributed by atoms with Crippen LogP contribution < -0.4 is 5.73 Å². The molecule has 0 aromatic rings. The number of allylic oxidation sites excluding steroid dienone is 4. The molecule has 8 heavy (non-hydrogen) atoms. The second kappa shape index (κ2) is 4.19. The minimum Gasteiger partial charge on any atom is -0.405 e. The van der Waals surface area contributed by atoms with Crippen LogP contribution in [0.15, 0.2) is 36.6 Å². The molecule has 0 aliphatic rings. The van der Waals surface area contributed by atoms with E-state index < -0.39 is 0 Å². The highest BCUT2D eigenvalue weighted by Crippen LogP contribution is 1.90. The van der Waals surface area contributed by atoms with Crippen molar-refractivity contribution in [2.45, 2.75) is 6.92 Å². The lowest BCUT2D eigenvalue weighted by molar-refractivity contribution is 1.51. The van der Waals surface area contributed by atoms with E-state index in [9.17, 15) is 0 Å². The molecule has 0 aliphatic carbocycles. The first-order chi connectivity index (χ1) is 3.81. The molecule has 0 radical (unpaired) electrons. The summed E-state index contributed by atoms with van der Waals surface area (Å²) in [6.45, 7) is 5.54. The van der Waals surface area contributed by atoms with E-state index in [1.807, 2.05) is 13.0 Å². The summed E-state index contributed by atoms with van der Waals surface area (Å²) in [5, 5.41) is 0. The molecule has 2 N–H and O–H groups in total. The summed E-state index contributed by atoms with van der Waals surface area (Å²) in [4.78, 5) is 0. The fraction of sp³-hybridized carbons (Fsp3) is 0.143. The van der Waals surface area contributed by atoms with Gasteiger partial charge in [0, 0.05) is 0 Å². The molecule has 0 heterocycles. The maximum absolute atomic E-state index is 5.07. The predicted octanol–water partition coefficient (Wildman–Crippen LogP) is 1.59. The maximum Gasteiger partial charge on any atom is -0.00623 e. The molecule has 0 atom stereocenters. The fourth-order valence-electron chi connectivity index (χ4n) is 0.275. The summed E-state index contributed by atoms with van der Waals surface area (Å²) in [5.74, 6) is 0. The van der Waals surface area contributed by atoms with Crippen LogP contribution in [0.1, 0.15) is 6.92 Å². The highest BCUT2D eigenvalue weighted by atomic mass is 14.5. The lowest BCUT2D eigenvalue weighted by Gasteiger charge is -1.81. The van der Waals surface area contributed by atoms with E-state index in [4.69, 9.17) is 5.73 Å². The fourth-order valence-corrected chi connectivity index (χ4v) is 0.275. The monoisotopic (exact) mass is 109 g/mol. The molecule has 0 saturated carbocycles. The van der Waals surface area contributed by atoms with Gasteiger partial charge in [0.15, 0.2) is 0 Å². The standard InChI is InChI=1S/C7H11N/c1-3-7(2)5-4-6-8/h3-6H,1,8H2,2H3/b6-4+,7-5-. The van der Waals surface area contributed by atoms with E-state index >= 15 is 0 Å². The normalized spacial score (nSPS) is 12.4. The number of hydrogen-bond acceptors (Lipinski definition) is 1. The van der Waals surface area contributed by atoms with E-state index in [1.54, 1.807) is 12.2 Å². The molecule has 1 heteroatoms. The first kappa shape index (κ1) is 7.02. The topological polar surface area (TPSA) is 26.0 Å². The average Bonchev–Trinajstić information content (AvgIpc) is 1.83. The second-order valence-corrected chi connectivity index (χ2v) is 1.50. The third-order valence-electron chi connectivity index (χ3n) is 0.792. The van der Waals surface area contributed by atoms with Gasteiger partial charge >= 0.3 is 0 Å². The van der Waals surface area contributed by atoms with Gasteiger partial charge in [-0.3, -0.25) is 0 Å². The van der Waals surface area contributed by atoms with E-state index in [-0.39, 0.29) is 0 Å². The third kappa shape index (κ3) is 3.22. The van der Waals surface area contributed by atoms with Crippen molar-refractivity contribution in [3.05, 3.63) is 36.6 Å². The van der Waals surface area contributed by atoms with E-state index in [0.29, 0.717) is 0 Å². The lowest BCUT2D eigenvalue weighted by atomic mass is 10.3. The van der Waals surface area contributed by atoms with Crippen LogP contribution in [-0.4, -0.2) is 0 Å². The summed E-state index contributed by atoms with van der Waals surface area (Å²) >= 11 is 0. The molecule has 0 aromatic carbocycles. The van der Waals surface area contributed by atoms with Crippen molar-refractivity contribution in [3.8, 4) is 0 Å². The first-order valence-corrected chi connectivity index (χ1v) is 2.49. The maximum atomic E-state index is 5.07. The Morgan fingerprint density at radius 2 is 2.25 bits per heavy atom. The van der Waals surface area contributed by atoms with Gasteiger partial charge in [-0.05, 0) is 19.2 Å². The average molecular weight is 109 g/mol. The van der Waals surface area contributed by atoms with E-state index in [2.05, 4.69) is 6.58 Å². The Morgan fingerprint density at radius 3 is 2.62 bits per heavy atom. The zero-order chi connectivity index (χ0) is 6.41. The van der Waals surface area contributed by atoms with Gasteiger partial charge in [0.05, 0.1) is 0 Å². The van der Waals surface area contributed by atoms with Crippen molar-refractivity contribution < 1.29 is 0 Å². The highest BCUT2D eigenvalue weighted by Gasteiger charge is 1.70. The number of nitrogens with two attached hydrogens (primary N) is 1. The molecule has 1 nitrogen and oxygen atoms in total. The van der Waals surface area contributed by atoms with Crippen molar-refractivity contribution in [2.24, 2.45) is 5.73 Å². The van der Waals surface area contributed by atoms with E-state index in [1.165, 1.54) is 6.20 Å². The van der Waals surface area contributed by atoms with E-state index in [0.717, 1.165) is 5.57 Å². The minimum absolute atomic E-state index is 1.12. The van der Waals surface area contributed by atoms with Crippen molar-refractivity contribution >= 4 is 0 Å². The van der Waals surface area contributed by atoms with Crippen molar-refractivity contribution in [3.63, 3.8) is 0 Å². The Balaban J connectivity index is 3.74. The smallest absolute Gasteiger partial charge is 0.00623 e. The molecule has 0 bridgehead atoms. The summed E-state index contributed by atoms with van der Waals surface area (Å²) < 4.78 is 0. The van der Waals surface area contributed by atoms with Crippen molar-refractivity contribution in [1.82, 2.24) is 0 Å². The summed E-state index contributed by atoms with van der Waals surface area (Å²) in [6, 6.07) is 0. The number of hydrogen-bond donors (Lipinski definition) is 1. The Bertz CT molecular complexity index is 120. The highest BCUT2D eigenvalue weighted by molar-refractivity contribution is 5.18. The molecule has 0 unspecified atom stereocenters. The molecular formula is C7H11N. The second-order valence-electron chi connectivity index (χ2n) is 1.50. The van der Waals surface area contributed by atoms with Crippen LogP contribution in [0.2, 0.25) is 0 Å². The molecule has 0 spiro atoms. The summed E-state index contributed by atoms with van der Waals surface area (Å²) in [6.07, 6.45) is 6.94. The van der Waals surface area contributed by atoms with Gasteiger partial charge in [-0.2, -0.15) is 0 Å². The molecular weight excluding hydrogens is 98.1 g/mol. The van der Waals surface area contributed by atoms with Gasteiger partial charge in [-0.15, -0.1) is 0 Å². The molecule has 0 saturated heterocycles. The van der Waals surface area contributed by atoms with Gasteiger partial charge in [-0.25, -0.2) is 0 Å². The molecule has 0 fully saturated rings. The lowest BCUT2D eigenvalue weighted by Crippen LogP contribution is -1.73. The largest absolute Gasteiger partial charge is 0.405 e. The van der Waals surface area contributed by atoms with Crippen LogP contribution in [0, 0.1) is 0 Å². The summed E-state index contributed by atoms with van der Waals surface area (Å²) in [7, 11) is 0. The van der Waals surface area contributed by atoms with Gasteiger partial charge in [0.25, 0.3) is 0 Å². The predicted molar refractivity (Wildman–Crippen MR) is 37.3 cm³/mol. The Kier molecular flexibility index (Phi) is 3.67. The Morgan fingerprint density at radius 1 is 1.62 bits per heavy atom. The Labute approximate surface area is 50.2 Å². The first-order valence-electron chi connectivity index (χ1n) is 2.49. The van der Waals surface area contributed by atoms with Gasteiger partial charge in [0.1, 0.15) is 0 Å². The number of rotatable bonds is 2. The van der Waals surface area contributed by atoms with Crippen LogP contribution in [0.25, 0.3) is 0 Å². The van der Waals surface area contributed by atoms with Crippen LogP contribution in [0.3, 0.4) is 0 Å². The molecule has 0 amide bonds. The van der Waals surface area contributed by atoms with Gasteiger partial charge in [-0.1, -0.05) is 24.3 Å². The molecule has 44 valence electrons. The quantitative estimate of drug-likeness (QED) is 0.535. The zero-order valence-corrected chi connectivity index (χ0v) is 5.09. The zero-order valence-electron chi connectivity index (χ0n) is 5.09.